The van der Waals surface area contributed by atoms with Gasteiger partial charge in [0.05, 0.1) is 5.56 Å². The van der Waals surface area contributed by atoms with Crippen molar-refractivity contribution in [1.29, 1.82) is 5.41 Å². The van der Waals surface area contributed by atoms with Gasteiger partial charge in [0.2, 0.25) is 5.95 Å². The van der Waals surface area contributed by atoms with Crippen molar-refractivity contribution in [2.24, 2.45) is 5.73 Å². The number of nitrogen functional groups attached to an aromatic ring is 1. The molecule has 1 aromatic heterocycles. The summed E-state index contributed by atoms with van der Waals surface area (Å²) in [6.45, 7) is 1.42. The molecule has 6 nitrogen and oxygen atoms in total. The molecule has 0 aliphatic rings. The lowest BCUT2D eigenvalue weighted by molar-refractivity contribution is -0.202. The van der Waals surface area contributed by atoms with Crippen LogP contribution in [-0.4, -0.2) is 28.3 Å². The fraction of sp³-hybridized carbons (Fsp3) is 0.278. The van der Waals surface area contributed by atoms with Gasteiger partial charge in [0.15, 0.2) is 6.10 Å². The summed E-state index contributed by atoms with van der Waals surface area (Å²) in [6.07, 6.45) is -4.85. The zero-order valence-corrected chi connectivity index (χ0v) is 14.7. The third-order valence-electron chi connectivity index (χ3n) is 3.75. The van der Waals surface area contributed by atoms with Gasteiger partial charge in [0, 0.05) is 24.4 Å². The molecule has 1 heterocycles. The lowest BCUT2D eigenvalue weighted by Gasteiger charge is -2.24. The van der Waals surface area contributed by atoms with E-state index in [0.717, 1.165) is 6.07 Å². The van der Waals surface area contributed by atoms with Crippen LogP contribution in [0.15, 0.2) is 30.6 Å². The molecule has 0 saturated carbocycles. The fourth-order valence-corrected chi connectivity index (χ4v) is 2.40. The Morgan fingerprint density at radius 3 is 2.39 bits per heavy atom. The summed E-state index contributed by atoms with van der Waals surface area (Å²) < 4.78 is 57.7. The Bertz CT molecular complexity index is 903. The van der Waals surface area contributed by atoms with E-state index in [1.807, 2.05) is 0 Å². The minimum absolute atomic E-state index is 0.0433. The summed E-state index contributed by atoms with van der Waals surface area (Å²) >= 11 is 0. The monoisotopic (exact) mass is 395 g/mol. The molecule has 0 unspecified atom stereocenters. The van der Waals surface area contributed by atoms with E-state index in [0.29, 0.717) is 11.1 Å². The van der Waals surface area contributed by atoms with Crippen LogP contribution >= 0.6 is 0 Å². The predicted molar refractivity (Wildman–Crippen MR) is 94.7 cm³/mol. The average Bonchev–Trinajstić information content (AvgIpc) is 2.60. The Morgan fingerprint density at radius 2 is 1.82 bits per heavy atom. The molecule has 0 aliphatic carbocycles. The van der Waals surface area contributed by atoms with Gasteiger partial charge in [0.25, 0.3) is 6.02 Å². The molecule has 28 heavy (non-hydrogen) atoms. The summed E-state index contributed by atoms with van der Waals surface area (Å²) in [4.78, 5) is 7.57. The van der Waals surface area contributed by atoms with Crippen molar-refractivity contribution in [3.63, 3.8) is 0 Å². The van der Waals surface area contributed by atoms with Gasteiger partial charge in [-0.3, -0.25) is 5.41 Å². The molecular formula is C18H17F4N5O. The number of benzene rings is 1. The first-order valence-electron chi connectivity index (χ1n) is 8.02. The van der Waals surface area contributed by atoms with Crippen LogP contribution in [-0.2, 0) is 4.74 Å². The van der Waals surface area contributed by atoms with E-state index >= 15 is 0 Å². The number of ether oxygens (including phenoxy) is 1. The van der Waals surface area contributed by atoms with E-state index in [9.17, 15) is 17.6 Å². The second-order valence-corrected chi connectivity index (χ2v) is 5.97. The Labute approximate surface area is 158 Å². The molecule has 0 aliphatic heterocycles. The number of amidine groups is 1. The quantitative estimate of drug-likeness (QED) is 0.319. The van der Waals surface area contributed by atoms with E-state index in [1.54, 1.807) is 0 Å². The van der Waals surface area contributed by atoms with Crippen molar-refractivity contribution in [2.75, 3.05) is 5.73 Å². The van der Waals surface area contributed by atoms with Crippen molar-refractivity contribution in [1.82, 2.24) is 9.97 Å². The number of nitrogens with two attached hydrogens (primary N) is 2. The number of hydrogen-bond donors (Lipinski definition) is 3. The molecule has 0 spiro atoms. The largest absolute Gasteiger partial charge is 0.453 e. The fourth-order valence-electron chi connectivity index (χ4n) is 2.40. The number of aromatic nitrogens is 2. The molecule has 148 valence electrons. The van der Waals surface area contributed by atoms with Gasteiger partial charge in [0.1, 0.15) is 5.82 Å². The Kier molecular flexibility index (Phi) is 6.41. The summed E-state index contributed by atoms with van der Waals surface area (Å²) in [5, 5.41) is 6.92. The number of rotatable bonds is 4. The standard InChI is InChI=1S/C18H17F4N5O/c1-10(6-15(18(20,21)22)28-16(23)24)13-7-11(4-5-14(13)19)2-3-12-8-26-17(25)27-9-12/h4-5,7-10,15H,6H2,1H3,(H3,23,24)(H2,25,26,27)/t10-,15+/m1/s1. The maximum Gasteiger partial charge on any atom is 0.425 e. The molecule has 0 saturated heterocycles. The molecule has 0 bridgehead atoms. The summed E-state index contributed by atoms with van der Waals surface area (Å²) in [5.41, 5.74) is 11.2. The number of anilines is 1. The van der Waals surface area contributed by atoms with Crippen molar-refractivity contribution < 1.29 is 22.3 Å². The predicted octanol–water partition coefficient (Wildman–Crippen LogP) is 2.93. The van der Waals surface area contributed by atoms with Crippen molar-refractivity contribution in [3.05, 3.63) is 53.1 Å². The Hall–Kier alpha value is -3.35. The van der Waals surface area contributed by atoms with Gasteiger partial charge < -0.3 is 16.2 Å². The lowest BCUT2D eigenvalue weighted by atomic mass is 9.93. The van der Waals surface area contributed by atoms with Crippen LogP contribution in [0, 0.1) is 23.1 Å². The maximum absolute atomic E-state index is 14.2. The molecule has 2 atom stereocenters. The van der Waals surface area contributed by atoms with Crippen LogP contribution in [0.4, 0.5) is 23.5 Å². The Morgan fingerprint density at radius 1 is 1.21 bits per heavy atom. The highest BCUT2D eigenvalue weighted by atomic mass is 19.4. The lowest BCUT2D eigenvalue weighted by Crippen LogP contribution is -2.37. The van der Waals surface area contributed by atoms with Crippen LogP contribution in [0.1, 0.15) is 36.0 Å². The van der Waals surface area contributed by atoms with E-state index in [2.05, 4.69) is 26.5 Å². The average molecular weight is 395 g/mol. The molecular weight excluding hydrogens is 378 g/mol. The summed E-state index contributed by atoms with van der Waals surface area (Å²) in [7, 11) is 0. The first-order chi connectivity index (χ1) is 13.1. The summed E-state index contributed by atoms with van der Waals surface area (Å²) in [6, 6.07) is 2.85. The smallest absolute Gasteiger partial charge is 0.425 e. The highest BCUT2D eigenvalue weighted by molar-refractivity contribution is 5.67. The molecule has 1 aromatic carbocycles. The zero-order chi connectivity index (χ0) is 20.9. The molecule has 0 radical (unpaired) electrons. The minimum Gasteiger partial charge on any atom is -0.453 e. The van der Waals surface area contributed by atoms with Gasteiger partial charge in [-0.05, 0) is 29.7 Å². The number of halogens is 4. The second-order valence-electron chi connectivity index (χ2n) is 5.97. The number of alkyl halides is 3. The van der Waals surface area contributed by atoms with Gasteiger partial charge in [-0.1, -0.05) is 18.8 Å². The van der Waals surface area contributed by atoms with Crippen LogP contribution in [0.3, 0.4) is 0 Å². The zero-order valence-electron chi connectivity index (χ0n) is 14.7. The van der Waals surface area contributed by atoms with Gasteiger partial charge in [-0.25, -0.2) is 14.4 Å². The van der Waals surface area contributed by atoms with Crippen molar-refractivity contribution in [3.8, 4) is 11.8 Å². The number of nitrogens with zero attached hydrogens (tertiary/aromatic N) is 2. The minimum atomic E-state index is -4.75. The number of hydrogen-bond acceptors (Lipinski definition) is 5. The van der Waals surface area contributed by atoms with Gasteiger partial charge >= 0.3 is 6.18 Å². The normalized spacial score (nSPS) is 13.2. The van der Waals surface area contributed by atoms with E-state index in [1.165, 1.54) is 31.5 Å². The highest BCUT2D eigenvalue weighted by Crippen LogP contribution is 2.32. The molecule has 10 heteroatoms. The van der Waals surface area contributed by atoms with Crippen LogP contribution in [0.25, 0.3) is 0 Å². The Balaban J connectivity index is 2.24. The number of nitrogens with one attached hydrogen (secondary N) is 1. The van der Waals surface area contributed by atoms with Gasteiger partial charge in [-0.15, -0.1) is 0 Å². The van der Waals surface area contributed by atoms with Crippen molar-refractivity contribution >= 4 is 12.0 Å². The van der Waals surface area contributed by atoms with E-state index < -0.39 is 36.5 Å². The van der Waals surface area contributed by atoms with Crippen LogP contribution in [0.2, 0.25) is 0 Å². The molecule has 0 fully saturated rings. The van der Waals surface area contributed by atoms with E-state index in [4.69, 9.17) is 16.9 Å². The summed E-state index contributed by atoms with van der Waals surface area (Å²) in [5.74, 6) is 4.09. The van der Waals surface area contributed by atoms with Crippen LogP contribution in [0.5, 0.6) is 0 Å². The van der Waals surface area contributed by atoms with Crippen molar-refractivity contribution in [2.45, 2.75) is 31.5 Å². The topological polar surface area (TPSA) is 111 Å². The van der Waals surface area contributed by atoms with Gasteiger partial charge in [-0.2, -0.15) is 13.2 Å². The first-order valence-corrected chi connectivity index (χ1v) is 8.02. The van der Waals surface area contributed by atoms with Crippen LogP contribution < -0.4 is 11.5 Å². The molecule has 2 aromatic rings. The second kappa shape index (κ2) is 8.56. The molecule has 5 N–H and O–H groups in total. The third-order valence-corrected chi connectivity index (χ3v) is 3.75. The van der Waals surface area contributed by atoms with E-state index in [-0.39, 0.29) is 11.5 Å². The maximum atomic E-state index is 14.2. The highest BCUT2D eigenvalue weighted by Gasteiger charge is 2.43. The SMILES string of the molecule is C[C@H](C[C@H](OC(=N)N)C(F)(F)F)c1cc(C#Cc2cnc(N)nc2)ccc1F. The first kappa shape index (κ1) is 21.0. The third kappa shape index (κ3) is 5.84. The molecule has 0 amide bonds. The molecule has 2 rings (SSSR count).